The molecule has 0 aliphatic carbocycles. The molecule has 2 amide bonds. The Bertz CT molecular complexity index is 1570. The molecule has 13 nitrogen and oxygen atoms in total. The highest BCUT2D eigenvalue weighted by Gasteiger charge is 2.43. The monoisotopic (exact) mass is 692 g/mol. The van der Waals surface area contributed by atoms with E-state index in [0.29, 0.717) is 0 Å². The normalized spacial score (nSPS) is 19.7. The van der Waals surface area contributed by atoms with E-state index in [1.807, 2.05) is 0 Å². The van der Waals surface area contributed by atoms with Crippen molar-refractivity contribution in [3.05, 3.63) is 47.5 Å². The first-order valence-corrected chi connectivity index (χ1v) is 13.9. The van der Waals surface area contributed by atoms with E-state index in [1.165, 1.54) is 24.3 Å². The summed E-state index contributed by atoms with van der Waals surface area (Å²) in [5.41, 5.74) is 11.4. The third-order valence-corrected chi connectivity index (χ3v) is 7.20. The Hall–Kier alpha value is -4.75. The van der Waals surface area contributed by atoms with Crippen LogP contribution in [0, 0.1) is 0 Å². The van der Waals surface area contributed by atoms with Gasteiger partial charge in [-0.3, -0.25) is 9.59 Å². The summed E-state index contributed by atoms with van der Waals surface area (Å²) in [6.07, 6.45) is -13.9. The molecular weight excluding hydrogens is 662 g/mol. The van der Waals surface area contributed by atoms with Gasteiger partial charge in [0.05, 0.1) is 19.3 Å². The number of amides is 2. The molecule has 1 aliphatic heterocycles. The van der Waals surface area contributed by atoms with Gasteiger partial charge in [0, 0.05) is 32.9 Å². The second-order valence-corrected chi connectivity index (χ2v) is 10.6. The number of nitrogens with zero attached hydrogens (tertiary/aromatic N) is 1. The largest absolute Gasteiger partial charge is 0.491 e. The molecule has 1 heterocycles. The van der Waals surface area contributed by atoms with Gasteiger partial charge in [-0.1, -0.05) is 12.1 Å². The maximum Gasteiger partial charge on any atom is 0.491 e. The summed E-state index contributed by atoms with van der Waals surface area (Å²) in [6.45, 7) is -0.378. The predicted octanol–water partition coefficient (Wildman–Crippen LogP) is 0.909. The summed E-state index contributed by atoms with van der Waals surface area (Å²) in [5.74, 6) is -9.63. The lowest BCUT2D eigenvalue weighted by Crippen LogP contribution is -2.56. The zero-order valence-corrected chi connectivity index (χ0v) is 25.2. The fraction of sp³-hybridized carbons (Fsp3) is 0.414. The van der Waals surface area contributed by atoms with Crippen LogP contribution >= 0.6 is 0 Å². The molecule has 0 fully saturated rings. The Labute approximate surface area is 268 Å². The first-order chi connectivity index (χ1) is 22.3. The highest BCUT2D eigenvalue weighted by Crippen LogP contribution is 2.34. The molecule has 0 radical (unpaired) electrons. The SMILES string of the molecule is COC(=O)[C@@H]1Cc2cc(ccc2OC(=O)C(F)(F)F)-c2ccc(OC(=O)C(F)(F)F)c(c2)C[C@H](N)C(=O)N[C@@H](C[C@@H](O)CN)C(=O)N1C. The average molecular weight is 693 g/mol. The van der Waals surface area contributed by atoms with Crippen LogP contribution < -0.4 is 26.3 Å². The van der Waals surface area contributed by atoms with Crippen molar-refractivity contribution in [1.29, 1.82) is 0 Å². The van der Waals surface area contributed by atoms with Gasteiger partial charge in [-0.2, -0.15) is 26.3 Å². The minimum Gasteiger partial charge on any atom is -0.467 e. The van der Waals surface area contributed by atoms with Crippen LogP contribution in [0.3, 0.4) is 0 Å². The van der Waals surface area contributed by atoms with Gasteiger partial charge in [-0.25, -0.2) is 14.4 Å². The molecule has 0 aromatic heterocycles. The molecule has 4 atom stereocenters. The van der Waals surface area contributed by atoms with Gasteiger partial charge in [0.2, 0.25) is 11.8 Å². The van der Waals surface area contributed by atoms with Crippen molar-refractivity contribution in [2.45, 2.75) is 55.8 Å². The van der Waals surface area contributed by atoms with Gasteiger partial charge < -0.3 is 41.0 Å². The van der Waals surface area contributed by atoms with Crippen LogP contribution in [-0.2, 0) is 41.6 Å². The molecule has 19 heteroatoms. The van der Waals surface area contributed by atoms with Crippen LogP contribution in [0.1, 0.15) is 17.5 Å². The molecule has 2 aromatic rings. The van der Waals surface area contributed by atoms with E-state index in [-0.39, 0.29) is 28.8 Å². The molecule has 1 aliphatic rings. The van der Waals surface area contributed by atoms with Crippen LogP contribution in [0.15, 0.2) is 36.4 Å². The number of hydrogen-bond acceptors (Lipinski definition) is 11. The minimum absolute atomic E-state index is 0.140. The summed E-state index contributed by atoms with van der Waals surface area (Å²) in [5, 5.41) is 12.5. The minimum atomic E-state index is -5.42. The zero-order chi connectivity index (χ0) is 36.1. The van der Waals surface area contributed by atoms with Crippen molar-refractivity contribution in [2.24, 2.45) is 11.5 Å². The van der Waals surface area contributed by atoms with Gasteiger partial charge in [-0.05, 0) is 46.5 Å². The third-order valence-electron chi connectivity index (χ3n) is 7.20. The number of likely N-dealkylation sites (N-methyl/N-ethyl adjacent to an activating group) is 1. The number of benzene rings is 2. The maximum atomic E-state index is 13.7. The number of aliphatic hydroxyl groups excluding tert-OH is 1. The number of esters is 3. The van der Waals surface area contributed by atoms with E-state index in [9.17, 15) is 55.4 Å². The molecule has 0 saturated carbocycles. The van der Waals surface area contributed by atoms with Crippen LogP contribution in [0.25, 0.3) is 11.1 Å². The highest BCUT2D eigenvalue weighted by atomic mass is 19.4. The second-order valence-electron chi connectivity index (χ2n) is 10.6. The first kappa shape index (κ1) is 37.7. The number of halogens is 6. The molecule has 0 spiro atoms. The van der Waals surface area contributed by atoms with Crippen LogP contribution in [0.4, 0.5) is 26.3 Å². The maximum absolute atomic E-state index is 13.7. The number of fused-ring (bicyclic) bond motifs is 5. The fourth-order valence-corrected chi connectivity index (χ4v) is 4.67. The molecule has 4 bridgehead atoms. The van der Waals surface area contributed by atoms with Gasteiger partial charge in [0.15, 0.2) is 0 Å². The van der Waals surface area contributed by atoms with Crippen molar-refractivity contribution >= 4 is 29.7 Å². The molecule has 3 rings (SSSR count). The van der Waals surface area contributed by atoms with E-state index in [2.05, 4.69) is 14.8 Å². The molecule has 262 valence electrons. The van der Waals surface area contributed by atoms with Crippen molar-refractivity contribution in [1.82, 2.24) is 10.2 Å². The Morgan fingerprint density at radius 3 is 1.85 bits per heavy atom. The van der Waals surface area contributed by atoms with Crippen molar-refractivity contribution in [3.63, 3.8) is 0 Å². The number of rotatable bonds is 6. The van der Waals surface area contributed by atoms with Gasteiger partial charge >= 0.3 is 30.3 Å². The van der Waals surface area contributed by atoms with E-state index >= 15 is 0 Å². The lowest BCUT2D eigenvalue weighted by Gasteiger charge is -2.31. The quantitative estimate of drug-likeness (QED) is 0.191. The molecule has 2 aromatic carbocycles. The second kappa shape index (κ2) is 15.0. The van der Waals surface area contributed by atoms with E-state index < -0.39 is 97.1 Å². The number of methoxy groups -OCH3 is 1. The number of carbonyl (C=O) groups is 5. The number of nitrogens with two attached hydrogens (primary N) is 2. The number of alkyl halides is 6. The molecule has 0 unspecified atom stereocenters. The first-order valence-electron chi connectivity index (χ1n) is 13.9. The molecule has 48 heavy (non-hydrogen) atoms. The number of ether oxygens (including phenoxy) is 3. The molecule has 6 N–H and O–H groups in total. The van der Waals surface area contributed by atoms with Gasteiger partial charge in [-0.15, -0.1) is 0 Å². The van der Waals surface area contributed by atoms with Crippen molar-refractivity contribution in [3.8, 4) is 22.6 Å². The lowest BCUT2D eigenvalue weighted by molar-refractivity contribution is -0.189. The molecular formula is C29H30F6N4O9. The summed E-state index contributed by atoms with van der Waals surface area (Å²) in [4.78, 5) is 64.0. The average Bonchev–Trinajstić information content (AvgIpc) is 3.02. The number of aliphatic hydroxyl groups is 1. The fourth-order valence-electron chi connectivity index (χ4n) is 4.67. The zero-order valence-electron chi connectivity index (χ0n) is 25.2. The lowest BCUT2D eigenvalue weighted by atomic mass is 9.95. The topological polar surface area (TPSA) is 201 Å². The standard InChI is InChI=1S/C29H30F6N4O9/c1-39-20(25(43)46-2)10-16-8-14(4-6-22(16)48-27(45)29(33,34)35)13-3-5-21(47-26(44)28(30,31)32)15(7-13)9-18(37)23(41)38-19(24(39)42)11-17(40)12-36/h3-8,17-20,40H,9-12,36-37H2,1-2H3,(H,38,41)/t17-,18+,19+,20+/m1/s1. The number of nitrogens with one attached hydrogen (secondary N) is 1. The summed E-state index contributed by atoms with van der Waals surface area (Å²) in [6, 6.07) is 1.83. The van der Waals surface area contributed by atoms with Crippen LogP contribution in [0.5, 0.6) is 11.5 Å². The number of carbonyl (C=O) groups excluding carboxylic acids is 5. The van der Waals surface area contributed by atoms with E-state index in [1.54, 1.807) is 0 Å². The summed E-state index contributed by atoms with van der Waals surface area (Å²) in [7, 11) is 2.06. The van der Waals surface area contributed by atoms with Crippen LogP contribution in [0.2, 0.25) is 0 Å². The Kier molecular flexibility index (Phi) is 11.8. The van der Waals surface area contributed by atoms with Crippen LogP contribution in [-0.4, -0.2) is 97.0 Å². The Morgan fingerprint density at radius 2 is 1.42 bits per heavy atom. The number of hydrogen-bond donors (Lipinski definition) is 4. The predicted molar refractivity (Wildman–Crippen MR) is 151 cm³/mol. The smallest absolute Gasteiger partial charge is 0.467 e. The van der Waals surface area contributed by atoms with Crippen molar-refractivity contribution in [2.75, 3.05) is 20.7 Å². The van der Waals surface area contributed by atoms with Gasteiger partial charge in [0.1, 0.15) is 23.6 Å². The Balaban J connectivity index is 2.28. The molecule has 0 saturated heterocycles. The summed E-state index contributed by atoms with van der Waals surface area (Å²) < 4.78 is 92.3. The van der Waals surface area contributed by atoms with E-state index in [4.69, 9.17) is 16.2 Å². The van der Waals surface area contributed by atoms with Gasteiger partial charge in [0.25, 0.3) is 0 Å². The summed E-state index contributed by atoms with van der Waals surface area (Å²) >= 11 is 0. The Morgan fingerprint density at radius 1 is 0.938 bits per heavy atom. The van der Waals surface area contributed by atoms with Crippen molar-refractivity contribution < 1.29 is 69.6 Å². The third kappa shape index (κ3) is 9.20. The highest BCUT2D eigenvalue weighted by molar-refractivity contribution is 5.92. The van der Waals surface area contributed by atoms with E-state index in [0.717, 1.165) is 31.2 Å².